The Kier molecular flexibility index (Phi) is 5.73. The van der Waals surface area contributed by atoms with Crippen molar-refractivity contribution >= 4 is 13.9 Å². The van der Waals surface area contributed by atoms with Crippen LogP contribution in [0.4, 0.5) is 4.79 Å². The average molecular weight is 373 g/mol. The molecule has 2 N–H and O–H groups in total. The molecule has 0 spiro atoms. The van der Waals surface area contributed by atoms with Crippen molar-refractivity contribution in [2.45, 2.75) is 25.7 Å². The lowest BCUT2D eigenvalue weighted by atomic mass is 10.0. The molecule has 25 heavy (non-hydrogen) atoms. The van der Waals surface area contributed by atoms with Crippen molar-refractivity contribution in [2.24, 2.45) is 17.8 Å². The molecule has 1 aromatic heterocycles. The molecule has 1 aromatic rings. The van der Waals surface area contributed by atoms with Crippen molar-refractivity contribution in [3.05, 3.63) is 11.4 Å². The third-order valence-corrected chi connectivity index (χ3v) is 5.84. The first-order valence-corrected chi connectivity index (χ1v) is 9.76. The number of amides is 1. The fraction of sp³-hybridized carbons (Fsp3) is 0.786. The van der Waals surface area contributed by atoms with E-state index in [-0.39, 0.29) is 13.2 Å². The van der Waals surface area contributed by atoms with Gasteiger partial charge in [0.05, 0.1) is 24.6 Å². The number of alkyl carbamates (subject to hydrolysis) is 1. The molecule has 10 nitrogen and oxygen atoms in total. The number of nitrogens with zero attached hydrogens (tertiary/aromatic N) is 2. The van der Waals surface area contributed by atoms with Crippen LogP contribution in [-0.2, 0) is 31.2 Å². The highest BCUT2D eigenvalue weighted by Crippen LogP contribution is 2.52. The molecule has 2 aliphatic rings. The predicted molar refractivity (Wildman–Crippen MR) is 83.4 cm³/mol. The molecular formula is C14H22N4O6P-. The van der Waals surface area contributed by atoms with Crippen LogP contribution in [0.3, 0.4) is 0 Å². The molecule has 1 saturated carbocycles. The van der Waals surface area contributed by atoms with Crippen molar-refractivity contribution in [3.63, 3.8) is 0 Å². The van der Waals surface area contributed by atoms with E-state index < -0.39 is 13.9 Å². The monoisotopic (exact) mass is 373 g/mol. The second-order valence-corrected chi connectivity index (χ2v) is 7.79. The highest BCUT2D eigenvalue weighted by atomic mass is 31.2. The van der Waals surface area contributed by atoms with Crippen LogP contribution in [0.2, 0.25) is 0 Å². The summed E-state index contributed by atoms with van der Waals surface area (Å²) in [5.41, 5.74) is 2.10. The van der Waals surface area contributed by atoms with Crippen molar-refractivity contribution < 1.29 is 28.0 Å². The van der Waals surface area contributed by atoms with E-state index in [1.165, 1.54) is 0 Å². The van der Waals surface area contributed by atoms with Gasteiger partial charge in [0.25, 0.3) is 7.82 Å². The number of carbonyl (C=O) groups excluding carboxylic acids is 1. The largest absolute Gasteiger partial charge is 0.756 e. The molecule has 11 heteroatoms. The van der Waals surface area contributed by atoms with Gasteiger partial charge < -0.3 is 24.0 Å². The zero-order valence-corrected chi connectivity index (χ0v) is 14.9. The minimum Gasteiger partial charge on any atom is -0.756 e. The Morgan fingerprint density at radius 2 is 1.96 bits per heavy atom. The van der Waals surface area contributed by atoms with Gasteiger partial charge in [-0.05, 0) is 43.4 Å². The Labute approximate surface area is 145 Å². The number of rotatable bonds is 7. The summed E-state index contributed by atoms with van der Waals surface area (Å²) in [5.74, 6) is 1.51. The van der Waals surface area contributed by atoms with Gasteiger partial charge in [-0.25, -0.2) is 4.79 Å². The lowest BCUT2D eigenvalue weighted by molar-refractivity contribution is -0.222. The number of carbonyl (C=O) groups is 1. The van der Waals surface area contributed by atoms with Crippen LogP contribution in [0, 0.1) is 17.8 Å². The Morgan fingerprint density at radius 3 is 2.56 bits per heavy atom. The first-order chi connectivity index (χ1) is 12.0. The van der Waals surface area contributed by atoms with E-state index in [1.807, 2.05) is 0 Å². The summed E-state index contributed by atoms with van der Waals surface area (Å²) in [6.45, 7) is 0.201. The van der Waals surface area contributed by atoms with E-state index in [9.17, 15) is 14.3 Å². The molecule has 1 fully saturated rings. The van der Waals surface area contributed by atoms with E-state index in [4.69, 9.17) is 4.74 Å². The van der Waals surface area contributed by atoms with Crippen LogP contribution in [0.25, 0.3) is 0 Å². The summed E-state index contributed by atoms with van der Waals surface area (Å²) in [6.07, 6.45) is 3.30. The third-order valence-electron chi connectivity index (χ3n) is 4.89. The number of ether oxygens (including phenoxy) is 1. The van der Waals surface area contributed by atoms with Gasteiger partial charge in [0.15, 0.2) is 0 Å². The molecule has 0 saturated heterocycles. The maximum atomic E-state index is 11.7. The Bertz CT molecular complexity index is 625. The van der Waals surface area contributed by atoms with Crippen LogP contribution in [0.1, 0.15) is 24.2 Å². The predicted octanol–water partition coefficient (Wildman–Crippen LogP) is 0.403. The number of aromatic amines is 1. The van der Waals surface area contributed by atoms with Crippen molar-refractivity contribution in [1.29, 1.82) is 0 Å². The quantitative estimate of drug-likeness (QED) is 0.517. The molecular weight excluding hydrogens is 351 g/mol. The molecule has 0 aliphatic heterocycles. The van der Waals surface area contributed by atoms with Gasteiger partial charge in [-0.1, -0.05) is 0 Å². The number of hydrogen-bond acceptors (Lipinski definition) is 8. The van der Waals surface area contributed by atoms with Gasteiger partial charge in [0.2, 0.25) is 0 Å². The number of aryl methyl sites for hydroxylation is 2. The SMILES string of the molecule is COP(=O)([O-])OCCNC(=O)OCC1[C@H]2CCc3n[nH]nc3CC[C@@H]12. The molecule has 1 amide bonds. The number of nitrogens with one attached hydrogen (secondary N) is 2. The fourth-order valence-electron chi connectivity index (χ4n) is 3.50. The van der Waals surface area contributed by atoms with Gasteiger partial charge in [-0.2, -0.15) is 15.4 Å². The first-order valence-electron chi connectivity index (χ1n) is 8.30. The number of H-pyrrole nitrogens is 1. The van der Waals surface area contributed by atoms with Gasteiger partial charge in [-0.3, -0.25) is 4.57 Å². The summed E-state index contributed by atoms with van der Waals surface area (Å²) in [4.78, 5) is 22.6. The molecule has 0 bridgehead atoms. The number of hydrogen-bond donors (Lipinski definition) is 2. The molecule has 1 heterocycles. The summed E-state index contributed by atoms with van der Waals surface area (Å²) < 4.78 is 24.8. The lowest BCUT2D eigenvalue weighted by Crippen LogP contribution is -2.29. The molecule has 0 aromatic carbocycles. The number of aromatic nitrogens is 3. The zero-order chi connectivity index (χ0) is 17.9. The molecule has 4 atom stereocenters. The minimum atomic E-state index is -4.25. The van der Waals surface area contributed by atoms with Gasteiger partial charge in [0, 0.05) is 13.7 Å². The molecule has 140 valence electrons. The molecule has 0 radical (unpaired) electrons. The standard InChI is InChI=1S/C14H23N4O6P/c1-22-25(20,21)24-7-6-15-14(19)23-8-11-9-2-4-12-13(17-18-16-12)5-3-10(9)11/h9-11H,2-8H2,1H3,(H,15,19)(H,20,21)(H,16,17,18)/p-1/t9-,10+,11?. The lowest BCUT2D eigenvalue weighted by Gasteiger charge is -2.20. The summed E-state index contributed by atoms with van der Waals surface area (Å²) in [7, 11) is -3.24. The van der Waals surface area contributed by atoms with E-state index in [0.29, 0.717) is 24.4 Å². The van der Waals surface area contributed by atoms with Gasteiger partial charge in [0.1, 0.15) is 0 Å². The van der Waals surface area contributed by atoms with Crippen molar-refractivity contribution in [3.8, 4) is 0 Å². The van der Waals surface area contributed by atoms with Crippen molar-refractivity contribution in [2.75, 3.05) is 26.9 Å². The van der Waals surface area contributed by atoms with Crippen LogP contribution in [0.5, 0.6) is 0 Å². The number of fused-ring (bicyclic) bond motifs is 2. The Hall–Kier alpha value is -1.48. The second kappa shape index (κ2) is 7.82. The third kappa shape index (κ3) is 4.78. The Balaban J connectivity index is 1.33. The summed E-state index contributed by atoms with van der Waals surface area (Å²) in [5, 5.41) is 13.5. The van der Waals surface area contributed by atoms with Crippen LogP contribution >= 0.6 is 7.82 Å². The first kappa shape index (κ1) is 18.3. The van der Waals surface area contributed by atoms with E-state index >= 15 is 0 Å². The average Bonchev–Trinajstić information content (AvgIpc) is 3.03. The summed E-state index contributed by atoms with van der Waals surface area (Å²) >= 11 is 0. The normalized spacial score (nSPS) is 27.2. The van der Waals surface area contributed by atoms with Crippen LogP contribution in [0.15, 0.2) is 0 Å². The van der Waals surface area contributed by atoms with Gasteiger partial charge in [-0.15, -0.1) is 0 Å². The van der Waals surface area contributed by atoms with E-state index in [0.717, 1.165) is 44.2 Å². The highest BCUT2D eigenvalue weighted by Gasteiger charge is 2.50. The van der Waals surface area contributed by atoms with Crippen molar-refractivity contribution in [1.82, 2.24) is 20.7 Å². The number of phosphoric ester groups is 1. The zero-order valence-electron chi connectivity index (χ0n) is 14.0. The maximum Gasteiger partial charge on any atom is 0.407 e. The number of phosphoric acid groups is 1. The van der Waals surface area contributed by atoms with Crippen LogP contribution < -0.4 is 10.2 Å². The molecule has 3 rings (SSSR count). The fourth-order valence-corrected chi connectivity index (χ4v) is 3.92. The van der Waals surface area contributed by atoms with E-state index in [1.54, 1.807) is 0 Å². The smallest absolute Gasteiger partial charge is 0.407 e. The molecule has 2 unspecified atom stereocenters. The molecule has 2 aliphatic carbocycles. The second-order valence-electron chi connectivity index (χ2n) is 6.27. The highest BCUT2D eigenvalue weighted by molar-refractivity contribution is 7.45. The van der Waals surface area contributed by atoms with E-state index in [2.05, 4.69) is 29.8 Å². The van der Waals surface area contributed by atoms with Crippen LogP contribution in [-0.4, -0.2) is 48.4 Å². The topological polar surface area (TPSA) is 138 Å². The minimum absolute atomic E-state index is 0.0264. The van der Waals surface area contributed by atoms with Gasteiger partial charge >= 0.3 is 6.09 Å². The maximum absolute atomic E-state index is 11.7. The Morgan fingerprint density at radius 1 is 1.32 bits per heavy atom. The summed E-state index contributed by atoms with van der Waals surface area (Å²) in [6, 6.07) is 0.